The molecule has 2 aromatic rings. The Kier molecular flexibility index (Phi) is 5.55. The van der Waals surface area contributed by atoms with E-state index >= 15 is 0 Å². The third kappa shape index (κ3) is 4.10. The van der Waals surface area contributed by atoms with Gasteiger partial charge >= 0.3 is 0 Å². The number of nitrogens with zero attached hydrogens (tertiary/aromatic N) is 1. The van der Waals surface area contributed by atoms with Crippen molar-refractivity contribution in [3.05, 3.63) is 49.5 Å². The predicted molar refractivity (Wildman–Crippen MR) is 102 cm³/mol. The highest BCUT2D eigenvalue weighted by molar-refractivity contribution is 9.11. The van der Waals surface area contributed by atoms with E-state index in [9.17, 15) is 14.4 Å². The topological polar surface area (TPSA) is 78.5 Å². The summed E-state index contributed by atoms with van der Waals surface area (Å²) in [5, 5.41) is 0. The van der Waals surface area contributed by atoms with Gasteiger partial charge in [-0.2, -0.15) is 0 Å². The van der Waals surface area contributed by atoms with Crippen molar-refractivity contribution in [2.45, 2.75) is 6.42 Å². The molecule has 2 N–H and O–H groups in total. The second kappa shape index (κ2) is 7.67. The van der Waals surface area contributed by atoms with Gasteiger partial charge in [-0.3, -0.25) is 25.2 Å². The van der Waals surface area contributed by atoms with Crippen LogP contribution in [-0.4, -0.2) is 24.3 Å². The fourth-order valence-electron chi connectivity index (χ4n) is 2.53. The Morgan fingerprint density at radius 3 is 2.64 bits per heavy atom. The van der Waals surface area contributed by atoms with Crippen molar-refractivity contribution in [3.63, 3.8) is 0 Å². The molecule has 1 aliphatic heterocycles. The molecule has 0 aliphatic carbocycles. The summed E-state index contributed by atoms with van der Waals surface area (Å²) < 4.78 is 1.68. The lowest BCUT2D eigenvalue weighted by molar-refractivity contribution is -0.132. The van der Waals surface area contributed by atoms with E-state index in [4.69, 9.17) is 0 Å². The zero-order chi connectivity index (χ0) is 18.0. The van der Waals surface area contributed by atoms with Gasteiger partial charge in [-0.1, -0.05) is 22.0 Å². The number of hydrogen-bond acceptors (Lipinski definition) is 4. The maximum Gasteiger partial charge on any atom is 0.279 e. The molecule has 0 radical (unpaired) electrons. The summed E-state index contributed by atoms with van der Waals surface area (Å²) in [6, 6.07) is 10.7. The van der Waals surface area contributed by atoms with Crippen molar-refractivity contribution in [1.82, 2.24) is 10.9 Å². The van der Waals surface area contributed by atoms with Crippen LogP contribution in [0.15, 0.2) is 44.7 Å². The Balaban J connectivity index is 1.60. The number of hydrazine groups is 1. The van der Waals surface area contributed by atoms with Gasteiger partial charge in [-0.15, -0.1) is 11.3 Å². The van der Waals surface area contributed by atoms with Gasteiger partial charge in [0, 0.05) is 16.7 Å². The number of halogens is 2. The zero-order valence-corrected chi connectivity index (χ0v) is 16.8. The van der Waals surface area contributed by atoms with Crippen LogP contribution >= 0.6 is 43.2 Å². The fourth-order valence-corrected chi connectivity index (χ4v) is 4.20. The average Bonchev–Trinajstić information content (AvgIpc) is 3.18. The lowest BCUT2D eigenvalue weighted by Gasteiger charge is -2.17. The molecule has 9 heteroatoms. The number of anilines is 1. The van der Waals surface area contributed by atoms with E-state index < -0.39 is 17.7 Å². The minimum Gasteiger partial charge on any atom is -0.312 e. The smallest absolute Gasteiger partial charge is 0.279 e. The number of carbonyl (C=O) groups excluding carboxylic acids is 3. The molecule has 25 heavy (non-hydrogen) atoms. The van der Waals surface area contributed by atoms with Gasteiger partial charge in [0.05, 0.1) is 8.66 Å². The van der Waals surface area contributed by atoms with Gasteiger partial charge in [-0.25, -0.2) is 0 Å². The van der Waals surface area contributed by atoms with E-state index in [1.165, 1.54) is 11.3 Å². The zero-order valence-electron chi connectivity index (χ0n) is 12.8. The molecule has 0 bridgehead atoms. The first-order valence-corrected chi connectivity index (χ1v) is 9.78. The van der Waals surface area contributed by atoms with Crippen LogP contribution in [0, 0.1) is 5.92 Å². The summed E-state index contributed by atoms with van der Waals surface area (Å²) in [6.07, 6.45) is 0.400. The van der Waals surface area contributed by atoms with E-state index in [1.54, 1.807) is 17.0 Å². The van der Waals surface area contributed by atoms with Crippen molar-refractivity contribution in [1.29, 1.82) is 0 Å². The van der Waals surface area contributed by atoms with Crippen molar-refractivity contribution in [2.24, 2.45) is 5.92 Å². The first-order valence-electron chi connectivity index (χ1n) is 7.38. The Morgan fingerprint density at radius 2 is 1.96 bits per heavy atom. The molecule has 6 nitrogen and oxygen atoms in total. The highest BCUT2D eigenvalue weighted by Crippen LogP contribution is 2.27. The highest BCUT2D eigenvalue weighted by atomic mass is 79.9. The van der Waals surface area contributed by atoms with Gasteiger partial charge < -0.3 is 4.90 Å². The molecule has 1 fully saturated rings. The molecule has 1 aromatic heterocycles. The maximum atomic E-state index is 12.5. The van der Waals surface area contributed by atoms with Crippen LogP contribution in [0.3, 0.4) is 0 Å². The second-order valence-electron chi connectivity index (χ2n) is 5.36. The molecule has 1 aliphatic rings. The van der Waals surface area contributed by atoms with E-state index in [-0.39, 0.29) is 5.91 Å². The predicted octanol–water partition coefficient (Wildman–Crippen LogP) is 3.09. The first-order chi connectivity index (χ1) is 12.0. The molecule has 0 spiro atoms. The number of amides is 3. The van der Waals surface area contributed by atoms with E-state index in [0.29, 0.717) is 17.8 Å². The second-order valence-corrected chi connectivity index (χ2v) is 8.74. The summed E-state index contributed by atoms with van der Waals surface area (Å²) in [5.74, 6) is -2.01. The van der Waals surface area contributed by atoms with Gasteiger partial charge in [0.1, 0.15) is 5.92 Å². The molecule has 3 amide bonds. The monoisotopic (exact) mass is 485 g/mol. The molecule has 1 unspecified atom stereocenters. The lowest BCUT2D eigenvalue weighted by atomic mass is 10.1. The first kappa shape index (κ1) is 18.1. The maximum absolute atomic E-state index is 12.5. The largest absolute Gasteiger partial charge is 0.312 e. The highest BCUT2D eigenvalue weighted by Gasteiger charge is 2.37. The summed E-state index contributed by atoms with van der Waals surface area (Å²) >= 11 is 7.90. The molecule has 1 atom stereocenters. The van der Waals surface area contributed by atoms with Crippen LogP contribution in [0.1, 0.15) is 16.1 Å². The number of rotatable bonds is 3. The van der Waals surface area contributed by atoms with Crippen LogP contribution in [-0.2, 0) is 9.59 Å². The van der Waals surface area contributed by atoms with Crippen molar-refractivity contribution < 1.29 is 14.4 Å². The Labute approximate surface area is 164 Å². The van der Waals surface area contributed by atoms with E-state index in [0.717, 1.165) is 13.9 Å². The molecular weight excluding hydrogens is 474 g/mol. The third-order valence-corrected chi connectivity index (χ3v) is 5.85. The number of carbonyl (C=O) groups is 3. The SMILES string of the molecule is O=C(NNC(=O)C1CCN(c2cccc(Br)c2)C1=O)c1ccc(Br)s1. The van der Waals surface area contributed by atoms with Crippen LogP contribution < -0.4 is 15.8 Å². The molecule has 2 heterocycles. The van der Waals surface area contributed by atoms with Crippen molar-refractivity contribution in [2.75, 3.05) is 11.4 Å². The van der Waals surface area contributed by atoms with Gasteiger partial charge in [-0.05, 0) is 52.7 Å². The van der Waals surface area contributed by atoms with Gasteiger partial charge in [0.15, 0.2) is 0 Å². The standard InChI is InChI=1S/C16H13Br2N3O3S/c17-9-2-1-3-10(8-9)21-7-6-11(16(21)24)14(22)19-20-15(23)12-4-5-13(18)25-12/h1-5,8,11H,6-7H2,(H,19,22)(H,20,23). The number of benzene rings is 1. The van der Waals surface area contributed by atoms with Crippen LogP contribution in [0.25, 0.3) is 0 Å². The van der Waals surface area contributed by atoms with Crippen LogP contribution in [0.2, 0.25) is 0 Å². The molecule has 130 valence electrons. The normalized spacial score (nSPS) is 16.8. The minimum absolute atomic E-state index is 0.274. The third-order valence-electron chi connectivity index (χ3n) is 3.74. The van der Waals surface area contributed by atoms with Crippen LogP contribution in [0.4, 0.5) is 5.69 Å². The van der Waals surface area contributed by atoms with Crippen molar-refractivity contribution in [3.8, 4) is 0 Å². The number of thiophene rings is 1. The Bertz CT molecular complexity index is 840. The number of hydrogen-bond donors (Lipinski definition) is 2. The molecule has 0 saturated carbocycles. The Morgan fingerprint density at radius 1 is 1.16 bits per heavy atom. The summed E-state index contributed by atoms with van der Waals surface area (Å²) in [7, 11) is 0. The molecule has 1 saturated heterocycles. The molecule has 3 rings (SSSR count). The van der Waals surface area contributed by atoms with E-state index in [2.05, 4.69) is 42.7 Å². The average molecular weight is 487 g/mol. The van der Waals surface area contributed by atoms with Gasteiger partial charge in [0.25, 0.3) is 11.8 Å². The summed E-state index contributed by atoms with van der Waals surface area (Å²) in [6.45, 7) is 0.458. The van der Waals surface area contributed by atoms with Crippen molar-refractivity contribution >= 4 is 66.6 Å². The fraction of sp³-hybridized carbons (Fsp3) is 0.188. The number of nitrogens with one attached hydrogen (secondary N) is 2. The Hall–Kier alpha value is -1.71. The lowest BCUT2D eigenvalue weighted by Crippen LogP contribution is -2.46. The van der Waals surface area contributed by atoms with Crippen LogP contribution in [0.5, 0.6) is 0 Å². The van der Waals surface area contributed by atoms with E-state index in [1.807, 2.05) is 24.3 Å². The summed E-state index contributed by atoms with van der Waals surface area (Å²) in [5.41, 5.74) is 5.43. The molecular formula is C16H13Br2N3O3S. The summed E-state index contributed by atoms with van der Waals surface area (Å²) in [4.78, 5) is 38.7. The molecule has 1 aromatic carbocycles. The minimum atomic E-state index is -0.811. The quantitative estimate of drug-likeness (QED) is 0.516. The van der Waals surface area contributed by atoms with Gasteiger partial charge in [0.2, 0.25) is 5.91 Å².